The molecule has 0 bridgehead atoms. The van der Waals surface area contributed by atoms with Crippen LogP contribution < -0.4 is 4.90 Å². The highest BCUT2D eigenvalue weighted by atomic mass is 16.6. The molecule has 0 aliphatic carbocycles. The van der Waals surface area contributed by atoms with Gasteiger partial charge >= 0.3 is 5.69 Å². The van der Waals surface area contributed by atoms with E-state index in [4.69, 9.17) is 0 Å². The van der Waals surface area contributed by atoms with Gasteiger partial charge in [-0.15, -0.1) is 0 Å². The second-order valence-electron chi connectivity index (χ2n) is 6.59. The number of piperidine rings is 1. The summed E-state index contributed by atoms with van der Waals surface area (Å²) in [5.41, 5.74) is 0.660. The third-order valence-electron chi connectivity index (χ3n) is 5.18. The summed E-state index contributed by atoms with van der Waals surface area (Å²) in [6.45, 7) is 6.97. The molecule has 3 rings (SSSR count). The number of anilines is 1. The fourth-order valence-corrected chi connectivity index (χ4v) is 4.11. The molecule has 2 aliphatic heterocycles. The number of hydrogen-bond acceptors (Lipinski definition) is 5. The molecule has 0 N–H and O–H groups in total. The Balaban J connectivity index is 1.73. The van der Waals surface area contributed by atoms with Crippen LogP contribution in [0.15, 0.2) is 0 Å². The Bertz CT molecular complexity index is 563. The molecule has 0 aromatic carbocycles. The molecule has 0 saturated carbocycles. The van der Waals surface area contributed by atoms with Crippen LogP contribution in [0, 0.1) is 17.0 Å². The summed E-state index contributed by atoms with van der Waals surface area (Å²) >= 11 is 0. The summed E-state index contributed by atoms with van der Waals surface area (Å²) < 4.78 is 1.66. The molecule has 0 amide bonds. The van der Waals surface area contributed by atoms with Gasteiger partial charge in [0.25, 0.3) is 0 Å². The van der Waals surface area contributed by atoms with Crippen LogP contribution in [-0.4, -0.2) is 51.3 Å². The number of nitro groups is 1. The van der Waals surface area contributed by atoms with Crippen molar-refractivity contribution in [1.29, 1.82) is 0 Å². The smallest absolute Gasteiger partial charge is 0.333 e. The van der Waals surface area contributed by atoms with E-state index < -0.39 is 0 Å². The Labute approximate surface area is 131 Å². The van der Waals surface area contributed by atoms with E-state index in [9.17, 15) is 10.1 Å². The normalized spacial score (nSPS) is 24.1. The van der Waals surface area contributed by atoms with E-state index in [0.29, 0.717) is 23.6 Å². The molecule has 3 heterocycles. The van der Waals surface area contributed by atoms with Crippen LogP contribution in [0.4, 0.5) is 11.5 Å². The first-order valence-corrected chi connectivity index (χ1v) is 8.17. The summed E-state index contributed by atoms with van der Waals surface area (Å²) in [4.78, 5) is 15.8. The second kappa shape index (κ2) is 5.87. The maximum Gasteiger partial charge on any atom is 0.333 e. The molecule has 1 unspecified atom stereocenters. The van der Waals surface area contributed by atoms with Gasteiger partial charge < -0.3 is 4.90 Å². The molecule has 1 aromatic rings. The minimum atomic E-state index is -0.299. The largest absolute Gasteiger partial charge is 0.351 e. The van der Waals surface area contributed by atoms with E-state index >= 15 is 0 Å². The highest BCUT2D eigenvalue weighted by Crippen LogP contribution is 2.34. The molecular formula is C15H25N5O2. The number of aryl methyl sites for hydroxylation is 2. The van der Waals surface area contributed by atoms with Gasteiger partial charge in [-0.05, 0) is 46.1 Å². The lowest BCUT2D eigenvalue weighted by molar-refractivity contribution is -0.384. The Morgan fingerprint density at radius 1 is 1.23 bits per heavy atom. The summed E-state index contributed by atoms with van der Waals surface area (Å²) in [6.07, 6.45) is 4.75. The number of aromatic nitrogens is 2. The van der Waals surface area contributed by atoms with Crippen molar-refractivity contribution in [1.82, 2.24) is 14.7 Å². The molecule has 122 valence electrons. The van der Waals surface area contributed by atoms with Crippen molar-refractivity contribution >= 4 is 11.5 Å². The predicted molar refractivity (Wildman–Crippen MR) is 85.2 cm³/mol. The Morgan fingerprint density at radius 2 is 1.91 bits per heavy atom. The summed E-state index contributed by atoms with van der Waals surface area (Å²) in [6, 6.07) is 1.31. The molecule has 2 saturated heterocycles. The van der Waals surface area contributed by atoms with Gasteiger partial charge in [-0.3, -0.25) is 15.0 Å². The van der Waals surface area contributed by atoms with Gasteiger partial charge in [0.1, 0.15) is 5.69 Å². The zero-order valence-corrected chi connectivity index (χ0v) is 13.7. The molecule has 22 heavy (non-hydrogen) atoms. The van der Waals surface area contributed by atoms with Gasteiger partial charge in [-0.25, -0.2) is 4.68 Å². The van der Waals surface area contributed by atoms with Crippen molar-refractivity contribution < 1.29 is 4.92 Å². The predicted octanol–water partition coefficient (Wildman–Crippen LogP) is 2.09. The monoisotopic (exact) mass is 307 g/mol. The van der Waals surface area contributed by atoms with Gasteiger partial charge in [-0.1, -0.05) is 0 Å². The number of rotatable bonds is 3. The number of nitrogens with zero attached hydrogens (tertiary/aromatic N) is 5. The van der Waals surface area contributed by atoms with E-state index in [0.717, 1.165) is 25.9 Å². The first-order valence-electron chi connectivity index (χ1n) is 8.17. The standard InChI is InChI=1S/C15H25N5O2/c1-11-5-4-8-19(11)13-6-9-18(10-7-13)15-14(20(21)22)12(2)16-17(15)3/h11,13H,4-10H2,1-3H3. The van der Waals surface area contributed by atoms with Gasteiger partial charge in [0.2, 0.25) is 5.82 Å². The van der Waals surface area contributed by atoms with Crippen molar-refractivity contribution in [2.75, 3.05) is 24.5 Å². The highest BCUT2D eigenvalue weighted by Gasteiger charge is 2.34. The highest BCUT2D eigenvalue weighted by molar-refractivity contribution is 5.61. The fourth-order valence-electron chi connectivity index (χ4n) is 4.11. The molecule has 2 fully saturated rings. The second-order valence-corrected chi connectivity index (χ2v) is 6.59. The van der Waals surface area contributed by atoms with Crippen LogP contribution in [-0.2, 0) is 7.05 Å². The van der Waals surface area contributed by atoms with E-state index in [1.807, 2.05) is 0 Å². The van der Waals surface area contributed by atoms with Gasteiger partial charge in [-0.2, -0.15) is 5.10 Å². The summed E-state index contributed by atoms with van der Waals surface area (Å²) in [5, 5.41) is 15.6. The topological polar surface area (TPSA) is 67.4 Å². The zero-order valence-electron chi connectivity index (χ0n) is 13.7. The maximum atomic E-state index is 11.3. The SMILES string of the molecule is Cc1nn(C)c(N2CCC(N3CCCC3C)CC2)c1[N+](=O)[O-]. The summed E-state index contributed by atoms with van der Waals surface area (Å²) in [7, 11) is 1.80. The van der Waals surface area contributed by atoms with E-state index in [-0.39, 0.29) is 10.6 Å². The van der Waals surface area contributed by atoms with E-state index in [1.54, 1.807) is 18.7 Å². The molecule has 7 heteroatoms. The number of hydrogen-bond donors (Lipinski definition) is 0. The molecule has 1 aromatic heterocycles. The first-order chi connectivity index (χ1) is 10.5. The average molecular weight is 307 g/mol. The minimum Gasteiger partial charge on any atom is -0.351 e. The van der Waals surface area contributed by atoms with Crippen LogP contribution >= 0.6 is 0 Å². The Hall–Kier alpha value is -1.63. The maximum absolute atomic E-state index is 11.3. The van der Waals surface area contributed by atoms with Crippen molar-refractivity contribution in [3.8, 4) is 0 Å². The van der Waals surface area contributed by atoms with Crippen molar-refractivity contribution in [2.45, 2.75) is 51.6 Å². The third kappa shape index (κ3) is 2.58. The third-order valence-corrected chi connectivity index (χ3v) is 5.18. The first kappa shape index (κ1) is 15.3. The lowest BCUT2D eigenvalue weighted by Gasteiger charge is -2.39. The molecule has 7 nitrogen and oxygen atoms in total. The van der Waals surface area contributed by atoms with Crippen LogP contribution in [0.5, 0.6) is 0 Å². The lowest BCUT2D eigenvalue weighted by atomic mass is 10.0. The van der Waals surface area contributed by atoms with Crippen LogP contribution in [0.25, 0.3) is 0 Å². The van der Waals surface area contributed by atoms with Crippen molar-refractivity contribution in [3.05, 3.63) is 15.8 Å². The molecule has 0 spiro atoms. The van der Waals surface area contributed by atoms with Gasteiger partial charge in [0, 0.05) is 32.2 Å². The van der Waals surface area contributed by atoms with Crippen molar-refractivity contribution in [2.24, 2.45) is 7.05 Å². The lowest BCUT2D eigenvalue weighted by Crippen LogP contribution is -2.46. The fraction of sp³-hybridized carbons (Fsp3) is 0.800. The van der Waals surface area contributed by atoms with E-state index in [1.165, 1.54) is 19.4 Å². The van der Waals surface area contributed by atoms with Gasteiger partial charge in [0.15, 0.2) is 0 Å². The van der Waals surface area contributed by atoms with Crippen LogP contribution in [0.2, 0.25) is 0 Å². The quantitative estimate of drug-likeness (QED) is 0.632. The molecule has 2 aliphatic rings. The zero-order chi connectivity index (χ0) is 15.9. The Morgan fingerprint density at radius 3 is 2.45 bits per heavy atom. The number of likely N-dealkylation sites (tertiary alicyclic amines) is 1. The van der Waals surface area contributed by atoms with Crippen LogP contribution in [0.3, 0.4) is 0 Å². The Kier molecular flexibility index (Phi) is 4.08. The molecule has 0 radical (unpaired) electrons. The molecule has 1 atom stereocenters. The summed E-state index contributed by atoms with van der Waals surface area (Å²) in [5.74, 6) is 0.662. The van der Waals surface area contributed by atoms with Gasteiger partial charge in [0.05, 0.1) is 4.92 Å². The minimum absolute atomic E-state index is 0.162. The average Bonchev–Trinajstić information content (AvgIpc) is 3.02. The molecular weight excluding hydrogens is 282 g/mol. The van der Waals surface area contributed by atoms with Crippen molar-refractivity contribution in [3.63, 3.8) is 0 Å². The van der Waals surface area contributed by atoms with E-state index in [2.05, 4.69) is 21.8 Å². The van der Waals surface area contributed by atoms with Crippen LogP contribution in [0.1, 0.15) is 38.3 Å².